The van der Waals surface area contributed by atoms with E-state index in [-0.39, 0.29) is 12.1 Å². The van der Waals surface area contributed by atoms with Gasteiger partial charge in [0.2, 0.25) is 0 Å². The summed E-state index contributed by atoms with van der Waals surface area (Å²) >= 11 is 0. The van der Waals surface area contributed by atoms with Crippen molar-refractivity contribution < 1.29 is 9.53 Å². The molecule has 2 amide bonds. The van der Waals surface area contributed by atoms with Crippen molar-refractivity contribution in [3.05, 3.63) is 36.4 Å². The fourth-order valence-electron chi connectivity index (χ4n) is 3.13. The highest BCUT2D eigenvalue weighted by Crippen LogP contribution is 2.25. The number of rotatable bonds is 6. The second kappa shape index (κ2) is 8.00. The molecule has 25 heavy (non-hydrogen) atoms. The number of hydrogen-bond donors (Lipinski definition) is 2. The topological polar surface area (TPSA) is 81.1 Å². The maximum atomic E-state index is 12.3. The molecule has 1 aromatic heterocycles. The van der Waals surface area contributed by atoms with E-state index in [0.29, 0.717) is 18.3 Å². The molecule has 0 bridgehead atoms. The van der Waals surface area contributed by atoms with Crippen molar-refractivity contribution in [3.63, 3.8) is 0 Å². The highest BCUT2D eigenvalue weighted by atomic mass is 16.5. The molecule has 1 atom stereocenters. The van der Waals surface area contributed by atoms with E-state index in [0.717, 1.165) is 24.4 Å². The molecule has 0 saturated heterocycles. The number of anilines is 1. The first-order chi connectivity index (χ1) is 12.2. The van der Waals surface area contributed by atoms with Crippen LogP contribution in [0.3, 0.4) is 0 Å². The zero-order chi connectivity index (χ0) is 17.6. The smallest absolute Gasteiger partial charge is 0.319 e. The van der Waals surface area contributed by atoms with E-state index < -0.39 is 0 Å². The standard InChI is InChI=1S/C18H25N5O2/c1-3-23-17(19-12-20-23)13(2)21-18(24)22-14-7-6-10-16(11-14)25-15-8-4-5-9-15/h6-7,10-13,15H,3-5,8-9H2,1-2H3,(H2,21,22,24). The lowest BCUT2D eigenvalue weighted by Gasteiger charge is -2.16. The van der Waals surface area contributed by atoms with E-state index in [2.05, 4.69) is 20.7 Å². The average molecular weight is 343 g/mol. The first-order valence-electron chi connectivity index (χ1n) is 8.87. The van der Waals surface area contributed by atoms with Crippen LogP contribution in [0, 0.1) is 0 Å². The van der Waals surface area contributed by atoms with Gasteiger partial charge in [-0.2, -0.15) is 5.10 Å². The predicted molar refractivity (Wildman–Crippen MR) is 95.6 cm³/mol. The van der Waals surface area contributed by atoms with E-state index in [1.165, 1.54) is 19.2 Å². The summed E-state index contributed by atoms with van der Waals surface area (Å²) in [6.07, 6.45) is 6.46. The van der Waals surface area contributed by atoms with Crippen LogP contribution in [0.4, 0.5) is 10.5 Å². The molecule has 1 aromatic carbocycles. The molecule has 1 unspecified atom stereocenters. The number of hydrogen-bond acceptors (Lipinski definition) is 4. The summed E-state index contributed by atoms with van der Waals surface area (Å²) in [5.41, 5.74) is 0.706. The van der Waals surface area contributed by atoms with Crippen LogP contribution >= 0.6 is 0 Å². The van der Waals surface area contributed by atoms with Crippen molar-refractivity contribution in [2.45, 2.75) is 58.2 Å². The van der Waals surface area contributed by atoms with Gasteiger partial charge in [-0.05, 0) is 51.7 Å². The van der Waals surface area contributed by atoms with Gasteiger partial charge in [-0.25, -0.2) is 14.5 Å². The molecule has 1 aliphatic carbocycles. The number of ether oxygens (including phenoxy) is 1. The second-order valence-corrected chi connectivity index (χ2v) is 6.31. The third-order valence-electron chi connectivity index (χ3n) is 4.38. The molecule has 7 nitrogen and oxygen atoms in total. The van der Waals surface area contributed by atoms with Gasteiger partial charge in [0, 0.05) is 18.3 Å². The molecule has 0 radical (unpaired) electrons. The van der Waals surface area contributed by atoms with Gasteiger partial charge in [-0.3, -0.25) is 0 Å². The minimum absolute atomic E-state index is 0.236. The lowest BCUT2D eigenvalue weighted by atomic mass is 10.2. The van der Waals surface area contributed by atoms with Crippen LogP contribution in [0.25, 0.3) is 0 Å². The van der Waals surface area contributed by atoms with E-state index in [1.54, 1.807) is 4.68 Å². The fourth-order valence-corrected chi connectivity index (χ4v) is 3.13. The minimum Gasteiger partial charge on any atom is -0.490 e. The van der Waals surface area contributed by atoms with Crippen LogP contribution in [-0.4, -0.2) is 26.9 Å². The van der Waals surface area contributed by atoms with Crippen molar-refractivity contribution in [2.75, 3.05) is 5.32 Å². The van der Waals surface area contributed by atoms with Crippen LogP contribution in [0.1, 0.15) is 51.4 Å². The van der Waals surface area contributed by atoms with Gasteiger partial charge in [0.05, 0.1) is 12.1 Å². The van der Waals surface area contributed by atoms with E-state index >= 15 is 0 Å². The summed E-state index contributed by atoms with van der Waals surface area (Å²) in [6.45, 7) is 4.58. The molecule has 0 spiro atoms. The number of carbonyl (C=O) groups excluding carboxylic acids is 1. The van der Waals surface area contributed by atoms with Gasteiger partial charge in [0.25, 0.3) is 0 Å². The highest BCUT2D eigenvalue weighted by Gasteiger charge is 2.17. The molecule has 3 rings (SSSR count). The monoisotopic (exact) mass is 343 g/mol. The van der Waals surface area contributed by atoms with Crippen molar-refractivity contribution in [2.24, 2.45) is 0 Å². The molecule has 2 aromatic rings. The van der Waals surface area contributed by atoms with E-state index in [1.807, 2.05) is 38.1 Å². The zero-order valence-corrected chi connectivity index (χ0v) is 14.7. The average Bonchev–Trinajstić information content (AvgIpc) is 3.26. The summed E-state index contributed by atoms with van der Waals surface area (Å²) in [5, 5.41) is 9.86. The van der Waals surface area contributed by atoms with Crippen LogP contribution in [0.15, 0.2) is 30.6 Å². The lowest BCUT2D eigenvalue weighted by Crippen LogP contribution is -2.32. The van der Waals surface area contributed by atoms with Gasteiger partial charge >= 0.3 is 6.03 Å². The normalized spacial score (nSPS) is 15.8. The van der Waals surface area contributed by atoms with Crippen LogP contribution in [0.2, 0.25) is 0 Å². The molecule has 1 heterocycles. The Morgan fingerprint density at radius 2 is 2.20 bits per heavy atom. The maximum Gasteiger partial charge on any atom is 0.319 e. The molecule has 134 valence electrons. The Kier molecular flexibility index (Phi) is 5.53. The molecule has 1 saturated carbocycles. The largest absolute Gasteiger partial charge is 0.490 e. The molecule has 0 aliphatic heterocycles. The number of amides is 2. The van der Waals surface area contributed by atoms with Gasteiger partial charge in [0.15, 0.2) is 0 Å². The van der Waals surface area contributed by atoms with Crippen LogP contribution in [0.5, 0.6) is 5.75 Å². The number of carbonyl (C=O) groups is 1. The molecule has 7 heteroatoms. The van der Waals surface area contributed by atoms with Crippen LogP contribution < -0.4 is 15.4 Å². The van der Waals surface area contributed by atoms with Crippen LogP contribution in [-0.2, 0) is 6.54 Å². The van der Waals surface area contributed by atoms with Gasteiger partial charge in [0.1, 0.15) is 17.9 Å². The Morgan fingerprint density at radius 3 is 2.96 bits per heavy atom. The number of nitrogens with one attached hydrogen (secondary N) is 2. The molecule has 1 fully saturated rings. The van der Waals surface area contributed by atoms with Gasteiger partial charge < -0.3 is 15.4 Å². The third-order valence-corrected chi connectivity index (χ3v) is 4.38. The number of nitrogens with zero attached hydrogens (tertiary/aromatic N) is 3. The highest BCUT2D eigenvalue weighted by molar-refractivity contribution is 5.89. The number of benzene rings is 1. The predicted octanol–water partition coefficient (Wildman–Crippen LogP) is 3.50. The van der Waals surface area contributed by atoms with E-state index in [4.69, 9.17) is 4.74 Å². The molecular formula is C18H25N5O2. The van der Waals surface area contributed by atoms with Gasteiger partial charge in [-0.15, -0.1) is 0 Å². The zero-order valence-electron chi connectivity index (χ0n) is 14.7. The maximum absolute atomic E-state index is 12.3. The first-order valence-corrected chi connectivity index (χ1v) is 8.87. The van der Waals surface area contributed by atoms with E-state index in [9.17, 15) is 4.79 Å². The third kappa shape index (κ3) is 4.49. The Labute approximate surface area is 147 Å². The van der Waals surface area contributed by atoms with Crippen molar-refractivity contribution in [1.29, 1.82) is 0 Å². The number of aromatic nitrogens is 3. The summed E-state index contributed by atoms with van der Waals surface area (Å²) in [5.74, 6) is 1.53. The summed E-state index contributed by atoms with van der Waals surface area (Å²) in [6, 6.07) is 7.00. The minimum atomic E-state index is -0.281. The fraction of sp³-hybridized carbons (Fsp3) is 0.500. The number of urea groups is 1. The van der Waals surface area contributed by atoms with Crippen molar-refractivity contribution in [3.8, 4) is 5.75 Å². The Hall–Kier alpha value is -2.57. The summed E-state index contributed by atoms with van der Waals surface area (Å²) in [7, 11) is 0. The quantitative estimate of drug-likeness (QED) is 0.841. The van der Waals surface area contributed by atoms with Crippen molar-refractivity contribution in [1.82, 2.24) is 20.1 Å². The Morgan fingerprint density at radius 1 is 1.40 bits per heavy atom. The lowest BCUT2D eigenvalue weighted by molar-refractivity contribution is 0.210. The first kappa shape index (κ1) is 17.3. The molecule has 1 aliphatic rings. The Bertz CT molecular complexity index is 709. The Balaban J connectivity index is 1.57. The van der Waals surface area contributed by atoms with Crippen molar-refractivity contribution >= 4 is 11.7 Å². The number of aryl methyl sites for hydroxylation is 1. The summed E-state index contributed by atoms with van der Waals surface area (Å²) in [4.78, 5) is 16.5. The molecule has 2 N–H and O–H groups in total. The SMILES string of the molecule is CCn1ncnc1C(C)NC(=O)Nc1cccc(OC2CCCC2)c1. The molecular weight excluding hydrogens is 318 g/mol. The van der Waals surface area contributed by atoms with Gasteiger partial charge in [-0.1, -0.05) is 6.07 Å². The summed E-state index contributed by atoms with van der Waals surface area (Å²) < 4.78 is 7.74. The second-order valence-electron chi connectivity index (χ2n) is 6.31.